The highest BCUT2D eigenvalue weighted by Gasteiger charge is 2.07. The van der Waals surface area contributed by atoms with Crippen molar-refractivity contribution in [1.82, 2.24) is 9.36 Å². The molecule has 14 heavy (non-hydrogen) atoms. The van der Waals surface area contributed by atoms with Gasteiger partial charge in [0.25, 0.3) is 0 Å². The molecule has 0 amide bonds. The fourth-order valence-electron chi connectivity index (χ4n) is 0.981. The Bertz CT molecular complexity index is 469. The fourth-order valence-corrected chi connectivity index (χ4v) is 1.57. The summed E-state index contributed by atoms with van der Waals surface area (Å²) in [4.78, 5) is 3.85. The quantitative estimate of drug-likeness (QED) is 0.788. The second-order valence-electron chi connectivity index (χ2n) is 2.59. The first kappa shape index (κ1) is 9.01. The Kier molecular flexibility index (Phi) is 2.12. The Morgan fingerprint density at radius 1 is 1.21 bits per heavy atom. The molecule has 1 heterocycles. The number of anilines is 1. The van der Waals surface area contributed by atoms with E-state index in [1.165, 1.54) is 6.07 Å². The molecule has 0 radical (unpaired) electrons. The van der Waals surface area contributed by atoms with E-state index in [0.29, 0.717) is 10.6 Å². The lowest BCUT2D eigenvalue weighted by Crippen LogP contribution is -1.87. The second kappa shape index (κ2) is 3.30. The average molecular weight is 213 g/mol. The maximum absolute atomic E-state index is 12.8. The van der Waals surface area contributed by atoms with Gasteiger partial charge in [0.1, 0.15) is 5.01 Å². The number of nitrogen functional groups attached to an aromatic ring is 1. The molecule has 2 N–H and O–H groups in total. The van der Waals surface area contributed by atoms with Gasteiger partial charge in [-0.2, -0.15) is 9.36 Å². The van der Waals surface area contributed by atoms with Crippen LogP contribution in [-0.4, -0.2) is 9.36 Å². The Labute approximate surface area is 82.4 Å². The molecule has 0 unspecified atom stereocenters. The van der Waals surface area contributed by atoms with E-state index >= 15 is 0 Å². The summed E-state index contributed by atoms with van der Waals surface area (Å²) in [6.45, 7) is 0. The van der Waals surface area contributed by atoms with Crippen LogP contribution in [0.2, 0.25) is 0 Å². The summed E-state index contributed by atoms with van der Waals surface area (Å²) in [5, 5.41) is 0.474. The summed E-state index contributed by atoms with van der Waals surface area (Å²) in [7, 11) is 0. The van der Waals surface area contributed by atoms with Crippen LogP contribution in [0.15, 0.2) is 18.2 Å². The van der Waals surface area contributed by atoms with Gasteiger partial charge in [-0.25, -0.2) is 8.78 Å². The van der Waals surface area contributed by atoms with Crippen LogP contribution in [0.1, 0.15) is 0 Å². The van der Waals surface area contributed by atoms with Gasteiger partial charge in [-0.05, 0) is 29.7 Å². The van der Waals surface area contributed by atoms with Crippen molar-refractivity contribution in [2.24, 2.45) is 0 Å². The van der Waals surface area contributed by atoms with E-state index in [0.717, 1.165) is 23.7 Å². The predicted molar refractivity (Wildman–Crippen MR) is 49.7 cm³/mol. The molecule has 0 aliphatic heterocycles. The zero-order valence-corrected chi connectivity index (χ0v) is 7.68. The summed E-state index contributed by atoms with van der Waals surface area (Å²) in [6, 6.07) is 3.54. The molecule has 0 saturated carbocycles. The number of halogens is 2. The number of hydrogen-bond acceptors (Lipinski definition) is 4. The number of benzene rings is 1. The first-order chi connectivity index (χ1) is 6.66. The minimum absolute atomic E-state index is 0.134. The van der Waals surface area contributed by atoms with Crippen molar-refractivity contribution in [3.63, 3.8) is 0 Å². The van der Waals surface area contributed by atoms with Gasteiger partial charge in [-0.15, -0.1) is 0 Å². The second-order valence-corrected chi connectivity index (χ2v) is 3.34. The molecule has 1 aromatic heterocycles. The highest BCUT2D eigenvalue weighted by molar-refractivity contribution is 7.09. The fraction of sp³-hybridized carbons (Fsp3) is 0. The first-order valence-electron chi connectivity index (χ1n) is 3.71. The largest absolute Gasteiger partial charge is 0.367 e. The van der Waals surface area contributed by atoms with Crippen molar-refractivity contribution in [3.05, 3.63) is 29.8 Å². The van der Waals surface area contributed by atoms with Gasteiger partial charge in [0, 0.05) is 5.56 Å². The average Bonchev–Trinajstić information content (AvgIpc) is 2.57. The highest BCUT2D eigenvalue weighted by atomic mass is 32.1. The molecule has 0 aliphatic rings. The van der Waals surface area contributed by atoms with Crippen LogP contribution in [0.25, 0.3) is 10.6 Å². The van der Waals surface area contributed by atoms with Gasteiger partial charge in [0.05, 0.1) is 0 Å². The molecule has 1 aromatic carbocycles. The number of nitrogens with two attached hydrogens (primary N) is 1. The minimum atomic E-state index is -0.906. The number of nitrogens with zero attached hydrogens (tertiary/aromatic N) is 2. The van der Waals surface area contributed by atoms with E-state index in [9.17, 15) is 8.78 Å². The van der Waals surface area contributed by atoms with Gasteiger partial charge in [0.15, 0.2) is 11.6 Å². The molecule has 0 fully saturated rings. The number of hydrogen-bond donors (Lipinski definition) is 1. The van der Waals surface area contributed by atoms with E-state index in [1.54, 1.807) is 0 Å². The lowest BCUT2D eigenvalue weighted by Gasteiger charge is -1.95. The third-order valence-corrected chi connectivity index (χ3v) is 2.39. The molecule has 0 atom stereocenters. The first-order valence-corrected chi connectivity index (χ1v) is 4.49. The van der Waals surface area contributed by atoms with Crippen molar-refractivity contribution in [1.29, 1.82) is 0 Å². The van der Waals surface area contributed by atoms with Gasteiger partial charge in [0.2, 0.25) is 5.95 Å². The molecule has 3 nitrogen and oxygen atoms in total. The zero-order chi connectivity index (χ0) is 10.1. The molecule has 2 aromatic rings. The van der Waals surface area contributed by atoms with Crippen molar-refractivity contribution >= 4 is 17.5 Å². The van der Waals surface area contributed by atoms with Crippen LogP contribution in [-0.2, 0) is 0 Å². The van der Waals surface area contributed by atoms with Crippen LogP contribution in [0, 0.1) is 11.6 Å². The summed E-state index contributed by atoms with van der Waals surface area (Å²) in [6.07, 6.45) is 0. The normalized spacial score (nSPS) is 10.4. The Morgan fingerprint density at radius 3 is 2.57 bits per heavy atom. The molecule has 0 bridgehead atoms. The van der Waals surface area contributed by atoms with Crippen LogP contribution in [0.3, 0.4) is 0 Å². The Hall–Kier alpha value is -1.56. The molecular formula is C8H5F2N3S. The van der Waals surface area contributed by atoms with Crippen molar-refractivity contribution in [2.45, 2.75) is 0 Å². The van der Waals surface area contributed by atoms with E-state index in [1.807, 2.05) is 0 Å². The molecule has 0 spiro atoms. The monoisotopic (exact) mass is 213 g/mol. The topological polar surface area (TPSA) is 51.8 Å². The number of rotatable bonds is 1. The molecule has 0 saturated heterocycles. The Morgan fingerprint density at radius 2 is 2.00 bits per heavy atom. The molecular weight excluding hydrogens is 208 g/mol. The van der Waals surface area contributed by atoms with Crippen molar-refractivity contribution < 1.29 is 8.78 Å². The summed E-state index contributed by atoms with van der Waals surface area (Å²) in [5.41, 5.74) is 5.77. The molecule has 6 heteroatoms. The van der Waals surface area contributed by atoms with Crippen LogP contribution in [0.5, 0.6) is 0 Å². The van der Waals surface area contributed by atoms with E-state index in [4.69, 9.17) is 5.73 Å². The smallest absolute Gasteiger partial charge is 0.232 e. The molecule has 2 rings (SSSR count). The summed E-state index contributed by atoms with van der Waals surface area (Å²) >= 11 is 1.04. The molecule has 0 aliphatic carbocycles. The zero-order valence-electron chi connectivity index (χ0n) is 6.87. The third kappa shape index (κ3) is 1.56. The predicted octanol–water partition coefficient (Wildman–Crippen LogP) is 2.07. The summed E-state index contributed by atoms with van der Waals surface area (Å²) < 4.78 is 29.1. The molecule has 72 valence electrons. The van der Waals surface area contributed by atoms with Gasteiger partial charge in [-0.3, -0.25) is 0 Å². The van der Waals surface area contributed by atoms with Gasteiger partial charge < -0.3 is 5.73 Å². The van der Waals surface area contributed by atoms with Crippen molar-refractivity contribution in [3.8, 4) is 10.6 Å². The van der Waals surface area contributed by atoms with Crippen LogP contribution >= 0.6 is 11.5 Å². The summed E-state index contributed by atoms with van der Waals surface area (Å²) in [5.74, 6) is -1.66. The third-order valence-electron chi connectivity index (χ3n) is 1.61. The van der Waals surface area contributed by atoms with E-state index in [2.05, 4.69) is 9.36 Å². The van der Waals surface area contributed by atoms with E-state index in [-0.39, 0.29) is 5.95 Å². The maximum Gasteiger partial charge on any atom is 0.232 e. The SMILES string of the molecule is Nc1nsc(-c2ccc(F)c(F)c2)n1. The lowest BCUT2D eigenvalue weighted by molar-refractivity contribution is 0.509. The van der Waals surface area contributed by atoms with Gasteiger partial charge >= 0.3 is 0 Å². The number of aromatic nitrogens is 2. The van der Waals surface area contributed by atoms with Crippen LogP contribution in [0.4, 0.5) is 14.7 Å². The minimum Gasteiger partial charge on any atom is -0.367 e. The standard InChI is InChI=1S/C8H5F2N3S/c9-5-2-1-4(3-6(5)10)7-12-8(11)13-14-7/h1-3H,(H2,11,13). The lowest BCUT2D eigenvalue weighted by atomic mass is 10.2. The van der Waals surface area contributed by atoms with E-state index < -0.39 is 11.6 Å². The highest BCUT2D eigenvalue weighted by Crippen LogP contribution is 2.23. The van der Waals surface area contributed by atoms with Crippen molar-refractivity contribution in [2.75, 3.05) is 5.73 Å². The Balaban J connectivity index is 2.47. The maximum atomic E-state index is 12.8. The van der Waals surface area contributed by atoms with Gasteiger partial charge in [-0.1, -0.05) is 0 Å². The van der Waals surface area contributed by atoms with Crippen LogP contribution < -0.4 is 5.73 Å².